The molecule has 0 aliphatic rings. The van der Waals surface area contributed by atoms with Gasteiger partial charge in [0, 0.05) is 12.8 Å². The molecule has 0 radical (unpaired) electrons. The molecule has 0 fully saturated rings. The minimum atomic E-state index is -1.58. The number of carboxylic acids is 4. The molecule has 0 spiro atoms. The Labute approximate surface area is 112 Å². The second-order valence-electron chi connectivity index (χ2n) is 3.50. The van der Waals surface area contributed by atoms with E-state index in [0.29, 0.717) is 0 Å². The van der Waals surface area contributed by atoms with Crippen LogP contribution in [0.3, 0.4) is 0 Å². The molecule has 10 heteroatoms. The summed E-state index contributed by atoms with van der Waals surface area (Å²) >= 11 is 0. The summed E-state index contributed by atoms with van der Waals surface area (Å²) in [5.74, 6) is -6.02. The molecular formula is C10H15NO9. The largest absolute Gasteiger partial charge is 0.481 e. The van der Waals surface area contributed by atoms with Crippen LogP contribution in [0.25, 0.3) is 0 Å². The number of carboxylic acid groups (broad SMARTS) is 4. The van der Waals surface area contributed by atoms with E-state index >= 15 is 0 Å². The molecule has 0 aromatic rings. The lowest BCUT2D eigenvalue weighted by atomic mass is 10.2. The number of carbonyl (C=O) groups excluding carboxylic acids is 1. The van der Waals surface area contributed by atoms with Crippen molar-refractivity contribution < 1.29 is 44.4 Å². The van der Waals surface area contributed by atoms with Gasteiger partial charge in [0.15, 0.2) is 0 Å². The maximum atomic E-state index is 10.2. The standard InChI is InChI=1S/C5H9NO4.C5H6O5/c2*6-3(5(9)10)1-2-4(7)8/h3H,1-2,6H2,(H,7,8)(H,9,10);1-2H2,(H,7,8)(H,9,10)/t3-;/m0./s1. The molecule has 0 aliphatic heterocycles. The van der Waals surface area contributed by atoms with Gasteiger partial charge >= 0.3 is 23.9 Å². The first-order valence-electron chi connectivity index (χ1n) is 5.26. The molecule has 0 unspecified atom stereocenters. The molecule has 114 valence electrons. The monoisotopic (exact) mass is 293 g/mol. The summed E-state index contributed by atoms with van der Waals surface area (Å²) < 4.78 is 0. The normalized spacial score (nSPS) is 10.7. The summed E-state index contributed by atoms with van der Waals surface area (Å²) in [5.41, 5.74) is 5.00. The number of aliphatic carboxylic acids is 4. The Bertz CT molecular complexity index is 390. The van der Waals surface area contributed by atoms with E-state index in [1.54, 1.807) is 0 Å². The van der Waals surface area contributed by atoms with Gasteiger partial charge in [-0.1, -0.05) is 0 Å². The second kappa shape index (κ2) is 10.4. The van der Waals surface area contributed by atoms with Gasteiger partial charge in [0.1, 0.15) is 6.04 Å². The number of Topliss-reactive ketones (excluding diaryl/α,β-unsaturated/α-hetero) is 1. The highest BCUT2D eigenvalue weighted by Gasteiger charge is 2.12. The third kappa shape index (κ3) is 13.6. The molecule has 1 atom stereocenters. The molecule has 0 heterocycles. The van der Waals surface area contributed by atoms with Crippen LogP contribution in [-0.4, -0.2) is 56.1 Å². The van der Waals surface area contributed by atoms with Crippen molar-refractivity contribution in [2.45, 2.75) is 31.7 Å². The van der Waals surface area contributed by atoms with E-state index in [1.165, 1.54) is 0 Å². The molecule has 0 aliphatic carbocycles. The maximum absolute atomic E-state index is 10.2. The average molecular weight is 293 g/mol. The molecule has 0 aromatic heterocycles. The van der Waals surface area contributed by atoms with Crippen LogP contribution in [0, 0.1) is 0 Å². The van der Waals surface area contributed by atoms with Crippen LogP contribution < -0.4 is 5.73 Å². The number of rotatable bonds is 8. The number of hydrogen-bond acceptors (Lipinski definition) is 6. The Morgan fingerprint density at radius 2 is 1.25 bits per heavy atom. The van der Waals surface area contributed by atoms with Gasteiger partial charge in [-0.2, -0.15) is 0 Å². The van der Waals surface area contributed by atoms with E-state index in [1.807, 2.05) is 0 Å². The van der Waals surface area contributed by atoms with Gasteiger partial charge in [0.05, 0.1) is 6.42 Å². The Morgan fingerprint density at radius 3 is 1.55 bits per heavy atom. The third-order valence-electron chi connectivity index (χ3n) is 1.79. The average Bonchev–Trinajstić information content (AvgIpc) is 2.33. The topological polar surface area (TPSA) is 192 Å². The molecule has 0 aromatic carbocycles. The number of hydrogen-bond donors (Lipinski definition) is 5. The van der Waals surface area contributed by atoms with Crippen molar-refractivity contribution in [1.29, 1.82) is 0 Å². The smallest absolute Gasteiger partial charge is 0.372 e. The number of ketones is 1. The van der Waals surface area contributed by atoms with E-state index in [4.69, 9.17) is 26.2 Å². The predicted octanol–water partition coefficient (Wildman–Crippen LogP) is -1.23. The van der Waals surface area contributed by atoms with Crippen molar-refractivity contribution in [2.75, 3.05) is 0 Å². The number of carbonyl (C=O) groups is 5. The first kappa shape index (κ1) is 19.8. The Balaban J connectivity index is 0. The van der Waals surface area contributed by atoms with Crippen LogP contribution in [0.2, 0.25) is 0 Å². The van der Waals surface area contributed by atoms with Crippen LogP contribution >= 0.6 is 0 Å². The van der Waals surface area contributed by atoms with Crippen molar-refractivity contribution in [3.8, 4) is 0 Å². The van der Waals surface area contributed by atoms with E-state index in [2.05, 4.69) is 0 Å². The second-order valence-corrected chi connectivity index (χ2v) is 3.50. The SMILES string of the molecule is N[C@@H](CCC(=O)O)C(=O)O.O=C(O)CCC(=O)C(=O)O. The molecule has 0 bridgehead atoms. The van der Waals surface area contributed by atoms with E-state index in [9.17, 15) is 24.0 Å². The van der Waals surface area contributed by atoms with Gasteiger partial charge in [-0.3, -0.25) is 19.2 Å². The molecule has 20 heavy (non-hydrogen) atoms. The fourth-order valence-corrected chi connectivity index (χ4v) is 0.730. The van der Waals surface area contributed by atoms with Crippen LogP contribution in [-0.2, 0) is 24.0 Å². The third-order valence-corrected chi connectivity index (χ3v) is 1.79. The predicted molar refractivity (Wildman–Crippen MR) is 62.0 cm³/mol. The lowest BCUT2D eigenvalue weighted by Gasteiger charge is -2.01. The van der Waals surface area contributed by atoms with Crippen molar-refractivity contribution in [3.05, 3.63) is 0 Å². The van der Waals surface area contributed by atoms with Gasteiger partial charge in [-0.05, 0) is 6.42 Å². The van der Waals surface area contributed by atoms with Gasteiger partial charge < -0.3 is 26.2 Å². The Morgan fingerprint density at radius 1 is 0.800 bits per heavy atom. The molecular weight excluding hydrogens is 278 g/mol. The van der Waals surface area contributed by atoms with Crippen LogP contribution in [0.5, 0.6) is 0 Å². The van der Waals surface area contributed by atoms with E-state index in [-0.39, 0.29) is 12.8 Å². The molecule has 0 amide bonds. The number of nitrogens with two attached hydrogens (primary N) is 1. The maximum Gasteiger partial charge on any atom is 0.372 e. The summed E-state index contributed by atoms with van der Waals surface area (Å²) in [5, 5.41) is 32.2. The zero-order valence-corrected chi connectivity index (χ0v) is 10.3. The van der Waals surface area contributed by atoms with Gasteiger partial charge in [0.2, 0.25) is 5.78 Å². The highest BCUT2D eigenvalue weighted by molar-refractivity contribution is 6.32. The molecule has 0 rings (SSSR count). The molecule has 10 nitrogen and oxygen atoms in total. The first-order valence-corrected chi connectivity index (χ1v) is 5.26. The van der Waals surface area contributed by atoms with E-state index in [0.717, 1.165) is 0 Å². The van der Waals surface area contributed by atoms with E-state index < -0.39 is 48.5 Å². The molecule has 0 saturated carbocycles. The summed E-state index contributed by atoms with van der Waals surface area (Å²) in [6, 6.07) is -1.06. The van der Waals surface area contributed by atoms with Gasteiger partial charge in [0.25, 0.3) is 0 Å². The summed E-state index contributed by atoms with van der Waals surface area (Å²) in [6.07, 6.45) is -1.09. The van der Waals surface area contributed by atoms with Crippen molar-refractivity contribution in [2.24, 2.45) is 5.73 Å². The zero-order valence-electron chi connectivity index (χ0n) is 10.3. The minimum Gasteiger partial charge on any atom is -0.481 e. The Hall–Kier alpha value is -2.49. The quantitative estimate of drug-likeness (QED) is 0.338. The molecule has 6 N–H and O–H groups in total. The van der Waals surface area contributed by atoms with Gasteiger partial charge in [-0.25, -0.2) is 4.79 Å². The fraction of sp³-hybridized carbons (Fsp3) is 0.500. The summed E-state index contributed by atoms with van der Waals surface area (Å²) in [6.45, 7) is 0. The molecule has 0 saturated heterocycles. The Kier molecular flexibility index (Phi) is 10.4. The van der Waals surface area contributed by atoms with Gasteiger partial charge in [-0.15, -0.1) is 0 Å². The zero-order chi connectivity index (χ0) is 16.3. The lowest BCUT2D eigenvalue weighted by Crippen LogP contribution is -2.30. The lowest BCUT2D eigenvalue weighted by molar-refractivity contribution is -0.150. The van der Waals surface area contributed by atoms with Crippen molar-refractivity contribution in [3.63, 3.8) is 0 Å². The van der Waals surface area contributed by atoms with Crippen LogP contribution in [0.15, 0.2) is 0 Å². The first-order chi connectivity index (χ1) is 9.07. The van der Waals surface area contributed by atoms with Crippen LogP contribution in [0.4, 0.5) is 0 Å². The van der Waals surface area contributed by atoms with Crippen molar-refractivity contribution >= 4 is 29.7 Å². The summed E-state index contributed by atoms with van der Waals surface area (Å²) in [7, 11) is 0. The highest BCUT2D eigenvalue weighted by Crippen LogP contribution is 1.93. The van der Waals surface area contributed by atoms with Crippen molar-refractivity contribution in [1.82, 2.24) is 0 Å². The van der Waals surface area contributed by atoms with Crippen LogP contribution in [0.1, 0.15) is 25.7 Å². The fourth-order valence-electron chi connectivity index (χ4n) is 0.730. The minimum absolute atomic E-state index is 0.0231. The summed E-state index contributed by atoms with van der Waals surface area (Å²) in [4.78, 5) is 49.6. The highest BCUT2D eigenvalue weighted by atomic mass is 16.4.